The Morgan fingerprint density at radius 1 is 0.142 bits per heavy atom. The molecule has 0 N–H and O–H groups in total. The zero-order valence-corrected chi connectivity index (χ0v) is 78.3. The molecule has 0 fully saturated rings. The van der Waals surface area contributed by atoms with Crippen molar-refractivity contribution in [2.75, 3.05) is 14.7 Å². The van der Waals surface area contributed by atoms with E-state index >= 15 is 0 Å². The molecule has 22 aromatic carbocycles. The van der Waals surface area contributed by atoms with Crippen LogP contribution in [0.15, 0.2) is 558 Å². The minimum Gasteiger partial charge on any atom is -0.311 e. The fourth-order valence-corrected chi connectivity index (χ4v) is 21.1. The van der Waals surface area contributed by atoms with Crippen LogP contribution in [0.25, 0.3) is 160 Å². The van der Waals surface area contributed by atoms with Gasteiger partial charge in [-0.25, -0.2) is 0 Å². The first-order chi connectivity index (χ1) is 69.7. The van der Waals surface area contributed by atoms with Gasteiger partial charge in [0.2, 0.25) is 0 Å². The average Bonchev–Trinajstić information content (AvgIpc) is 1.60. The van der Waals surface area contributed by atoms with E-state index < -0.39 is 0 Å². The number of para-hydroxylation sites is 8. The van der Waals surface area contributed by atoms with Crippen molar-refractivity contribution < 1.29 is 0 Å². The third kappa shape index (κ3) is 16.4. The number of anilines is 9. The molecule has 6 heteroatoms. The third-order valence-electron chi connectivity index (χ3n) is 28.0. The highest BCUT2D eigenvalue weighted by molar-refractivity contribution is 6.13. The molecule has 0 radical (unpaired) electrons. The van der Waals surface area contributed by atoms with Crippen LogP contribution in [-0.2, 0) is 5.41 Å². The lowest BCUT2D eigenvalue weighted by Crippen LogP contribution is -2.16. The largest absolute Gasteiger partial charge is 0.311 e. The van der Waals surface area contributed by atoms with Gasteiger partial charge in [0, 0.05) is 106 Å². The summed E-state index contributed by atoms with van der Waals surface area (Å²) in [6.07, 6.45) is 0. The second kappa shape index (κ2) is 37.4. The maximum absolute atomic E-state index is 2.40. The first-order valence-electron chi connectivity index (χ1n) is 48.5. The number of fused-ring (bicyclic) bond motifs is 12. The Morgan fingerprint density at radius 3 is 0.652 bits per heavy atom. The van der Waals surface area contributed by atoms with Crippen LogP contribution in [0.1, 0.15) is 25.0 Å². The van der Waals surface area contributed by atoms with E-state index in [-0.39, 0.29) is 5.41 Å². The maximum Gasteiger partial charge on any atom is 0.0541 e. The molecule has 3 aromatic heterocycles. The fraction of sp³-hybridized carbons (Fsp3) is 0.0222. The van der Waals surface area contributed by atoms with Crippen LogP contribution in [0, 0.1) is 0 Å². The highest BCUT2D eigenvalue weighted by atomic mass is 15.2. The van der Waals surface area contributed by atoms with Crippen molar-refractivity contribution in [3.8, 4) is 95.0 Å². The van der Waals surface area contributed by atoms with Gasteiger partial charge in [0.05, 0.1) is 33.1 Å². The minimum atomic E-state index is -0.0591. The quantitative estimate of drug-likeness (QED) is 0.0856. The van der Waals surface area contributed by atoms with E-state index in [1.807, 2.05) is 0 Å². The second-order valence-electron chi connectivity index (χ2n) is 36.7. The Kier molecular flexibility index (Phi) is 22.7. The smallest absolute Gasteiger partial charge is 0.0541 e. The Bertz CT molecular complexity index is 8690. The summed E-state index contributed by atoms with van der Waals surface area (Å²) in [5.74, 6) is 0. The molecule has 26 rings (SSSR count). The van der Waals surface area contributed by atoms with Gasteiger partial charge in [-0.2, -0.15) is 0 Å². The molecule has 141 heavy (non-hydrogen) atoms. The van der Waals surface area contributed by atoms with Crippen LogP contribution in [0.2, 0.25) is 0 Å². The molecule has 0 amide bonds. The van der Waals surface area contributed by atoms with E-state index in [4.69, 9.17) is 0 Å². The maximum atomic E-state index is 2.40. The molecule has 0 saturated heterocycles. The monoisotopic (exact) mass is 1800 g/mol. The van der Waals surface area contributed by atoms with Crippen molar-refractivity contribution >= 4 is 117 Å². The summed E-state index contributed by atoms with van der Waals surface area (Å²) in [4.78, 5) is 7.03. The fourth-order valence-electron chi connectivity index (χ4n) is 21.1. The standard InChI is InChI=1S/C48H34N2.C45H34N2.C42H30N2/c1-4-12-35(13-5-1)37-20-27-42(28-21-37)49(43-29-22-38(23-30-43)36-14-6-2-7-15-36)44-31-24-39(25-32-44)40-26-33-48-46(34-40)45-18-10-11-19-47(45)50(48)41-16-8-3-9-17-41;1-45(2)41-19-11-9-17-37(41)38-27-26-36(30-42(38)45)46(33-13-5-3-6-14-33)35-24-21-31(22-25-35)32-23-28-44-40(29-32)39-18-10-12-20-43(39)47(44)34-15-7-4-8-16-34;1-4-12-31(13-5-1)32-20-25-37(26-21-32)43(35-14-6-2-7-15-35)38-27-22-33(23-28-38)34-24-29-42-40(30-34)39-18-10-11-19-41(39)44(42)36-16-8-3-9-17-36/h1-34H;3-30H,1-2H3;1-30H. The van der Waals surface area contributed by atoms with E-state index in [1.165, 1.54) is 177 Å². The van der Waals surface area contributed by atoms with Gasteiger partial charge in [0.25, 0.3) is 0 Å². The van der Waals surface area contributed by atoms with E-state index in [0.29, 0.717) is 0 Å². The van der Waals surface area contributed by atoms with Crippen molar-refractivity contribution in [2.45, 2.75) is 19.3 Å². The predicted octanol–water partition coefficient (Wildman–Crippen LogP) is 37.1. The van der Waals surface area contributed by atoms with Crippen LogP contribution >= 0.6 is 0 Å². The summed E-state index contributed by atoms with van der Waals surface area (Å²) in [6, 6.07) is 201. The summed E-state index contributed by atoms with van der Waals surface area (Å²) in [6.45, 7) is 4.69. The van der Waals surface area contributed by atoms with Crippen molar-refractivity contribution in [3.05, 3.63) is 569 Å². The van der Waals surface area contributed by atoms with E-state index in [0.717, 1.165) is 45.5 Å². The number of hydrogen-bond acceptors (Lipinski definition) is 3. The molecule has 0 aliphatic heterocycles. The SMILES string of the molecule is CC1(C)c2ccccc2-c2ccc(N(c3ccccc3)c3ccc(-c4ccc5c(c4)c4ccccc4n5-c4ccccc4)cc3)cc21.c1ccc(-c2ccc(N(c3ccc(-c4ccccc4)cc3)c3ccc(-c4ccc5c(c4)c4ccccc4n5-c4ccccc4)cc3)cc2)cc1.c1ccc(-c2ccc(N(c3ccccc3)c3ccc(-c4ccc5c(c4)c4ccccc4n5-c4ccccc4)cc3)cc2)cc1. The Hall–Kier alpha value is -18.4. The van der Waals surface area contributed by atoms with Crippen molar-refractivity contribution in [1.29, 1.82) is 0 Å². The summed E-state index contributed by atoms with van der Waals surface area (Å²) in [5, 5.41) is 7.56. The molecular weight excluding hydrogens is 1710 g/mol. The van der Waals surface area contributed by atoms with Gasteiger partial charge in [-0.3, -0.25) is 0 Å². The zero-order chi connectivity index (χ0) is 94.1. The molecular formula is C135H98N6. The van der Waals surface area contributed by atoms with Gasteiger partial charge in [-0.05, 0) is 289 Å². The minimum absolute atomic E-state index is 0.0591. The van der Waals surface area contributed by atoms with E-state index in [9.17, 15) is 0 Å². The van der Waals surface area contributed by atoms with Crippen molar-refractivity contribution in [1.82, 2.24) is 13.7 Å². The van der Waals surface area contributed by atoms with Crippen LogP contribution in [0.5, 0.6) is 0 Å². The lowest BCUT2D eigenvalue weighted by molar-refractivity contribution is 0.660. The molecule has 0 saturated carbocycles. The topological polar surface area (TPSA) is 24.5 Å². The Morgan fingerprint density at radius 2 is 0.348 bits per heavy atom. The third-order valence-corrected chi connectivity index (χ3v) is 28.0. The number of aromatic nitrogens is 3. The van der Waals surface area contributed by atoms with Gasteiger partial charge in [0.1, 0.15) is 0 Å². The second-order valence-corrected chi connectivity index (χ2v) is 36.7. The van der Waals surface area contributed by atoms with E-state index in [2.05, 4.69) is 600 Å². The molecule has 25 aromatic rings. The van der Waals surface area contributed by atoms with Crippen LogP contribution in [0.3, 0.4) is 0 Å². The summed E-state index contributed by atoms with van der Waals surface area (Å²) >= 11 is 0. The van der Waals surface area contributed by atoms with Crippen LogP contribution in [0.4, 0.5) is 51.2 Å². The van der Waals surface area contributed by atoms with Gasteiger partial charge in [-0.15, -0.1) is 0 Å². The lowest BCUT2D eigenvalue weighted by atomic mass is 9.82. The highest BCUT2D eigenvalue weighted by Crippen LogP contribution is 2.52. The van der Waals surface area contributed by atoms with Crippen molar-refractivity contribution in [3.63, 3.8) is 0 Å². The summed E-state index contributed by atoms with van der Waals surface area (Å²) in [5.41, 5.74) is 40.8. The first kappa shape index (κ1) is 85.6. The number of hydrogen-bond donors (Lipinski definition) is 0. The van der Waals surface area contributed by atoms with Crippen molar-refractivity contribution in [2.24, 2.45) is 0 Å². The molecule has 1 aliphatic rings. The molecule has 0 atom stereocenters. The van der Waals surface area contributed by atoms with E-state index in [1.54, 1.807) is 0 Å². The van der Waals surface area contributed by atoms with Gasteiger partial charge in [0.15, 0.2) is 0 Å². The Balaban J connectivity index is 0.000000115. The number of rotatable bonds is 18. The average molecular weight is 1800 g/mol. The molecule has 6 nitrogen and oxygen atoms in total. The van der Waals surface area contributed by atoms with Gasteiger partial charge >= 0.3 is 0 Å². The Labute approximate surface area is 822 Å². The number of benzene rings is 22. The number of nitrogens with zero attached hydrogens (tertiary/aromatic N) is 6. The molecule has 0 unspecified atom stereocenters. The lowest BCUT2D eigenvalue weighted by Gasteiger charge is -2.28. The summed E-state index contributed by atoms with van der Waals surface area (Å²) in [7, 11) is 0. The predicted molar refractivity (Wildman–Crippen MR) is 597 cm³/mol. The first-order valence-corrected chi connectivity index (χ1v) is 48.5. The molecule has 0 bridgehead atoms. The normalized spacial score (nSPS) is 11.8. The van der Waals surface area contributed by atoms with Crippen LogP contribution < -0.4 is 14.7 Å². The molecule has 668 valence electrons. The molecule has 1 aliphatic carbocycles. The highest BCUT2D eigenvalue weighted by Gasteiger charge is 2.36. The molecule has 3 heterocycles. The van der Waals surface area contributed by atoms with Gasteiger partial charge < -0.3 is 28.4 Å². The zero-order valence-electron chi connectivity index (χ0n) is 78.3. The summed E-state index contributed by atoms with van der Waals surface area (Å²) < 4.78 is 7.09. The molecule has 0 spiro atoms. The van der Waals surface area contributed by atoms with Gasteiger partial charge in [-0.1, -0.05) is 372 Å². The van der Waals surface area contributed by atoms with Crippen LogP contribution in [-0.4, -0.2) is 13.7 Å².